The lowest BCUT2D eigenvalue weighted by atomic mass is 10.1. The zero-order chi connectivity index (χ0) is 18.3. The van der Waals surface area contributed by atoms with Crippen molar-refractivity contribution in [2.24, 2.45) is 0 Å². The van der Waals surface area contributed by atoms with Gasteiger partial charge in [0.15, 0.2) is 0 Å². The quantitative estimate of drug-likeness (QED) is 0.476. The van der Waals surface area contributed by atoms with E-state index in [0.717, 1.165) is 11.1 Å². The van der Waals surface area contributed by atoms with E-state index in [0.29, 0.717) is 16.9 Å². The zero-order valence-corrected chi connectivity index (χ0v) is 16.4. The Kier molecular flexibility index (Phi) is 8.04. The number of halogens is 3. The number of nitrogens with one attached hydrogen (secondary N) is 1. The lowest BCUT2D eigenvalue weighted by Gasteiger charge is -1.97. The lowest BCUT2D eigenvalue weighted by molar-refractivity contribution is 0.599. The van der Waals surface area contributed by atoms with Crippen LogP contribution in [0.2, 0.25) is 0 Å². The van der Waals surface area contributed by atoms with Crippen molar-refractivity contribution in [3.05, 3.63) is 52.8 Å². The van der Waals surface area contributed by atoms with E-state index in [1.165, 1.54) is 0 Å². The Bertz CT molecular complexity index is 880. The van der Waals surface area contributed by atoms with Crippen molar-refractivity contribution >= 4 is 50.0 Å². The van der Waals surface area contributed by atoms with Crippen LogP contribution >= 0.6 is 38.9 Å². The summed E-state index contributed by atoms with van der Waals surface area (Å²) in [4.78, 5) is 18.7. The molecule has 2 heterocycles. The van der Waals surface area contributed by atoms with Crippen molar-refractivity contribution in [3.63, 3.8) is 0 Å². The molecule has 0 aliphatic rings. The van der Waals surface area contributed by atoms with Crippen LogP contribution in [0.25, 0.3) is 22.2 Å². The Morgan fingerprint density at radius 1 is 1.12 bits per heavy atom. The number of rotatable bonds is 1. The van der Waals surface area contributed by atoms with Gasteiger partial charge in [-0.1, -0.05) is 44.2 Å². The summed E-state index contributed by atoms with van der Waals surface area (Å²) < 4.78 is 14.8. The smallest absolute Gasteiger partial charge is 0.339 e. The number of hydrogen-bond donors (Lipinski definition) is 1. The second-order valence-corrected chi connectivity index (χ2v) is 10.9. The number of fused-ring (bicyclic) bond motifs is 1. The van der Waals surface area contributed by atoms with Crippen molar-refractivity contribution in [1.29, 1.82) is 0 Å². The molecule has 0 bridgehead atoms. The summed E-state index contributed by atoms with van der Waals surface area (Å²) in [6.45, 7) is 5.73. The van der Waals surface area contributed by atoms with E-state index in [9.17, 15) is 9.36 Å². The first kappa shape index (κ1) is 20.8. The van der Waals surface area contributed by atoms with Crippen molar-refractivity contribution in [1.82, 2.24) is 9.97 Å². The predicted molar refractivity (Wildman–Crippen MR) is 101 cm³/mol. The second kappa shape index (κ2) is 9.28. The van der Waals surface area contributed by atoms with Crippen LogP contribution in [-0.4, -0.2) is 9.97 Å². The molecule has 3 aromatic rings. The fraction of sp³-hybridized carbons (Fsp3) is 0.200. The molecule has 1 N–H and O–H groups in total. The zero-order valence-electron chi connectivity index (χ0n) is 13.2. The monoisotopic (exact) mass is 408 g/mol. The molecule has 0 atom stereocenters. The minimum absolute atomic E-state index is 0.167. The first-order chi connectivity index (χ1) is 11.3. The summed E-state index contributed by atoms with van der Waals surface area (Å²) >= 11 is 13.8. The summed E-state index contributed by atoms with van der Waals surface area (Å²) in [6, 6.07) is 9.64. The van der Waals surface area contributed by atoms with E-state index in [1.54, 1.807) is 13.2 Å². The van der Waals surface area contributed by atoms with Gasteiger partial charge in [-0.15, -0.1) is 0 Å². The van der Waals surface area contributed by atoms with Crippen LogP contribution in [0.3, 0.4) is 0 Å². The number of aryl methyl sites for hydroxylation is 1. The molecule has 0 saturated carbocycles. The lowest BCUT2D eigenvalue weighted by Crippen LogP contribution is -2.08. The average Bonchev–Trinajstić information content (AvgIpc) is 2.92. The number of furan rings is 1. The van der Waals surface area contributed by atoms with E-state index in [-0.39, 0.29) is 5.56 Å². The fourth-order valence-electron chi connectivity index (χ4n) is 1.89. The predicted octanol–water partition coefficient (Wildman–Crippen LogP) is 6.33. The molecule has 5 nitrogen and oxygen atoms in total. The van der Waals surface area contributed by atoms with Crippen LogP contribution in [-0.2, 0) is 4.57 Å². The van der Waals surface area contributed by atoms with Gasteiger partial charge in [0.1, 0.15) is 17.5 Å². The SMILES string of the molecule is CC.Cc1nc2occ(-c3ccccc3)c2c(=O)[nH]1.O=P(Cl)(Cl)Cl. The molecule has 0 saturated heterocycles. The van der Waals surface area contributed by atoms with Crippen LogP contribution in [0.5, 0.6) is 0 Å². The van der Waals surface area contributed by atoms with Crippen LogP contribution in [0.15, 0.2) is 45.8 Å². The third kappa shape index (κ3) is 6.33. The highest BCUT2D eigenvalue weighted by atomic mass is 36.0. The van der Waals surface area contributed by atoms with Gasteiger partial charge in [0.05, 0.1) is 0 Å². The molecule has 130 valence electrons. The minimum Gasteiger partial charge on any atom is -0.445 e. The summed E-state index contributed by atoms with van der Waals surface area (Å²) in [5.74, 6) is 0.552. The molecule has 0 amide bonds. The third-order valence-corrected chi connectivity index (χ3v) is 2.65. The van der Waals surface area contributed by atoms with Gasteiger partial charge in [-0.25, -0.2) is 0 Å². The van der Waals surface area contributed by atoms with Crippen LogP contribution in [0.1, 0.15) is 19.7 Å². The molecular weight excluding hydrogens is 394 g/mol. The number of aromatic nitrogens is 2. The van der Waals surface area contributed by atoms with Gasteiger partial charge in [-0.05, 0) is 46.2 Å². The minimum atomic E-state index is -3.22. The third-order valence-electron chi connectivity index (χ3n) is 2.65. The summed E-state index contributed by atoms with van der Waals surface area (Å²) in [6.07, 6.45) is 1.57. The fourth-order valence-corrected chi connectivity index (χ4v) is 1.89. The van der Waals surface area contributed by atoms with Gasteiger partial charge < -0.3 is 9.40 Å². The molecule has 9 heteroatoms. The van der Waals surface area contributed by atoms with Crippen molar-refractivity contribution < 1.29 is 8.98 Å². The standard InChI is InChI=1S/C13H10N2O2.C2H6.Cl3OP/c1-8-14-12(16)11-10(7-17-13(11)15-8)9-5-3-2-4-6-9;1-2;1-5(2,3)4/h2-7H,1H3,(H,14,15,16);1-2H3;. The molecule has 0 fully saturated rings. The molecule has 0 unspecified atom stereocenters. The van der Waals surface area contributed by atoms with Crippen molar-refractivity contribution in [2.75, 3.05) is 0 Å². The molecule has 1 aromatic carbocycles. The molecule has 2 aromatic heterocycles. The summed E-state index contributed by atoms with van der Waals surface area (Å²) in [5.41, 5.74) is 1.93. The Balaban J connectivity index is 0.000000356. The Morgan fingerprint density at radius 2 is 1.67 bits per heavy atom. The Hall–Kier alpha value is -1.26. The average molecular weight is 410 g/mol. The molecule has 0 aliphatic heterocycles. The number of benzene rings is 1. The van der Waals surface area contributed by atoms with Gasteiger partial charge in [0.25, 0.3) is 5.56 Å². The number of H-pyrrole nitrogens is 1. The largest absolute Gasteiger partial charge is 0.445 e. The Morgan fingerprint density at radius 3 is 2.21 bits per heavy atom. The highest BCUT2D eigenvalue weighted by Crippen LogP contribution is 2.61. The Labute approximate surface area is 153 Å². The van der Waals surface area contributed by atoms with Crippen molar-refractivity contribution in [3.8, 4) is 11.1 Å². The van der Waals surface area contributed by atoms with Gasteiger partial charge in [-0.3, -0.25) is 9.36 Å². The highest BCUT2D eigenvalue weighted by molar-refractivity contribution is 8.24. The highest BCUT2D eigenvalue weighted by Gasteiger charge is 2.12. The normalized spacial score (nSPS) is 10.4. The molecule has 24 heavy (non-hydrogen) atoms. The van der Waals surface area contributed by atoms with E-state index in [2.05, 4.69) is 43.7 Å². The van der Waals surface area contributed by atoms with E-state index in [1.807, 2.05) is 44.2 Å². The second-order valence-electron chi connectivity index (χ2n) is 4.25. The van der Waals surface area contributed by atoms with E-state index in [4.69, 9.17) is 4.42 Å². The maximum absolute atomic E-state index is 11.9. The number of nitrogens with zero attached hydrogens (tertiary/aromatic N) is 1. The molecule has 3 rings (SSSR count). The first-order valence-electron chi connectivity index (χ1n) is 6.98. The maximum Gasteiger partial charge on any atom is 0.339 e. The van der Waals surface area contributed by atoms with Crippen molar-refractivity contribution in [2.45, 2.75) is 20.8 Å². The summed E-state index contributed by atoms with van der Waals surface area (Å²) in [5, 5.41) is -2.72. The topological polar surface area (TPSA) is 76.0 Å². The van der Waals surface area contributed by atoms with Crippen LogP contribution < -0.4 is 5.56 Å². The van der Waals surface area contributed by atoms with Gasteiger partial charge in [0.2, 0.25) is 5.71 Å². The molecule has 0 spiro atoms. The van der Waals surface area contributed by atoms with Crippen LogP contribution in [0, 0.1) is 6.92 Å². The maximum atomic E-state index is 11.9. The molecular formula is C15H16Cl3N2O3P. The first-order valence-corrected chi connectivity index (χ1v) is 11.4. The molecule has 0 aliphatic carbocycles. The van der Waals surface area contributed by atoms with E-state index >= 15 is 0 Å². The summed E-state index contributed by atoms with van der Waals surface area (Å²) in [7, 11) is 0. The van der Waals surface area contributed by atoms with Crippen LogP contribution in [0.4, 0.5) is 0 Å². The van der Waals surface area contributed by atoms with Gasteiger partial charge in [0, 0.05) is 5.56 Å². The van der Waals surface area contributed by atoms with Gasteiger partial charge in [-0.2, -0.15) is 4.98 Å². The number of hydrogen-bond acceptors (Lipinski definition) is 4. The van der Waals surface area contributed by atoms with E-state index < -0.39 is 5.20 Å². The van der Waals surface area contributed by atoms with Gasteiger partial charge >= 0.3 is 5.20 Å². The number of aromatic amines is 1. The molecule has 0 radical (unpaired) electrons.